The van der Waals surface area contributed by atoms with E-state index in [2.05, 4.69) is 30.1 Å². The average Bonchev–Trinajstić information content (AvgIpc) is 2.97. The molecule has 1 aromatic carbocycles. The number of para-hydroxylation sites is 1. The van der Waals surface area contributed by atoms with Crippen molar-refractivity contribution in [3.63, 3.8) is 0 Å². The van der Waals surface area contributed by atoms with Crippen molar-refractivity contribution < 1.29 is 0 Å². The number of rotatable bonds is 4. The van der Waals surface area contributed by atoms with Gasteiger partial charge in [0.1, 0.15) is 0 Å². The maximum absolute atomic E-state index is 5.63. The van der Waals surface area contributed by atoms with Crippen LogP contribution in [0.4, 0.5) is 5.13 Å². The number of aromatic nitrogens is 2. The highest BCUT2D eigenvalue weighted by Crippen LogP contribution is 2.25. The van der Waals surface area contributed by atoms with Crippen LogP contribution in [0.1, 0.15) is 22.7 Å². The average molecular weight is 289 g/mol. The SMILES string of the molecule is Cc1cccc2sc(CCCc3csc(N)n3)nc12. The highest BCUT2D eigenvalue weighted by Gasteiger charge is 2.06. The van der Waals surface area contributed by atoms with Crippen molar-refractivity contribution >= 4 is 38.0 Å². The summed E-state index contributed by atoms with van der Waals surface area (Å²) >= 11 is 3.31. The van der Waals surface area contributed by atoms with Crippen molar-refractivity contribution in [2.75, 3.05) is 5.73 Å². The first-order valence-corrected chi connectivity index (χ1v) is 7.97. The van der Waals surface area contributed by atoms with Gasteiger partial charge in [-0.2, -0.15) is 0 Å². The molecule has 0 aliphatic carbocycles. The summed E-state index contributed by atoms with van der Waals surface area (Å²) in [6.45, 7) is 2.11. The summed E-state index contributed by atoms with van der Waals surface area (Å²) < 4.78 is 1.29. The lowest BCUT2D eigenvalue weighted by Crippen LogP contribution is -1.91. The zero-order valence-electron chi connectivity index (χ0n) is 10.7. The Morgan fingerprint density at radius 1 is 1.21 bits per heavy atom. The van der Waals surface area contributed by atoms with Crippen molar-refractivity contribution in [3.05, 3.63) is 39.8 Å². The summed E-state index contributed by atoms with van der Waals surface area (Å²) in [6, 6.07) is 6.35. The van der Waals surface area contributed by atoms with Gasteiger partial charge in [0, 0.05) is 5.38 Å². The van der Waals surface area contributed by atoms with Crippen LogP contribution in [0.2, 0.25) is 0 Å². The predicted octanol–water partition coefficient (Wildman–Crippen LogP) is 3.82. The van der Waals surface area contributed by atoms with Crippen LogP contribution in [0.3, 0.4) is 0 Å². The molecule has 19 heavy (non-hydrogen) atoms. The van der Waals surface area contributed by atoms with Gasteiger partial charge in [-0.25, -0.2) is 9.97 Å². The molecule has 0 saturated carbocycles. The number of nitrogens with two attached hydrogens (primary N) is 1. The molecule has 0 bridgehead atoms. The zero-order chi connectivity index (χ0) is 13.2. The molecule has 2 heterocycles. The van der Waals surface area contributed by atoms with Crippen LogP contribution in [-0.4, -0.2) is 9.97 Å². The second-order valence-electron chi connectivity index (χ2n) is 4.56. The fourth-order valence-corrected chi connectivity index (χ4v) is 3.78. The van der Waals surface area contributed by atoms with Crippen LogP contribution in [-0.2, 0) is 12.8 Å². The van der Waals surface area contributed by atoms with Crippen LogP contribution in [0.15, 0.2) is 23.6 Å². The summed E-state index contributed by atoms with van der Waals surface area (Å²) in [5, 5.41) is 3.91. The maximum Gasteiger partial charge on any atom is 0.180 e. The van der Waals surface area contributed by atoms with Crippen LogP contribution in [0.25, 0.3) is 10.2 Å². The van der Waals surface area contributed by atoms with Gasteiger partial charge in [0.25, 0.3) is 0 Å². The van der Waals surface area contributed by atoms with E-state index in [-0.39, 0.29) is 0 Å². The van der Waals surface area contributed by atoms with Crippen LogP contribution in [0, 0.1) is 6.92 Å². The molecule has 0 unspecified atom stereocenters. The Balaban J connectivity index is 1.67. The summed E-state index contributed by atoms with van der Waals surface area (Å²) in [7, 11) is 0. The molecule has 3 nitrogen and oxygen atoms in total. The van der Waals surface area contributed by atoms with Gasteiger partial charge in [-0.1, -0.05) is 12.1 Å². The molecule has 0 aliphatic rings. The first-order valence-electron chi connectivity index (χ1n) is 6.27. The molecule has 0 saturated heterocycles. The van der Waals surface area contributed by atoms with Gasteiger partial charge >= 0.3 is 0 Å². The van der Waals surface area contributed by atoms with Gasteiger partial charge in [-0.3, -0.25) is 0 Å². The Labute approximate surface area is 120 Å². The number of nitrogens with zero attached hydrogens (tertiary/aromatic N) is 2. The highest BCUT2D eigenvalue weighted by atomic mass is 32.1. The summed E-state index contributed by atoms with van der Waals surface area (Å²) in [4.78, 5) is 9.00. The molecular formula is C14H15N3S2. The van der Waals surface area contributed by atoms with Crippen LogP contribution >= 0.6 is 22.7 Å². The fraction of sp³-hybridized carbons (Fsp3) is 0.286. The third-order valence-corrected chi connectivity index (χ3v) is 4.86. The third-order valence-electron chi connectivity index (χ3n) is 3.06. The van der Waals surface area contributed by atoms with Gasteiger partial charge in [-0.05, 0) is 37.8 Å². The lowest BCUT2D eigenvalue weighted by atomic mass is 10.2. The van der Waals surface area contributed by atoms with Gasteiger partial charge < -0.3 is 5.73 Å². The van der Waals surface area contributed by atoms with E-state index in [1.807, 2.05) is 5.38 Å². The topological polar surface area (TPSA) is 51.8 Å². The fourth-order valence-electron chi connectivity index (χ4n) is 2.10. The lowest BCUT2D eigenvalue weighted by molar-refractivity contribution is 0.801. The van der Waals surface area contributed by atoms with Gasteiger partial charge in [0.15, 0.2) is 5.13 Å². The molecule has 0 atom stereocenters. The Morgan fingerprint density at radius 2 is 2.11 bits per heavy atom. The van der Waals surface area contributed by atoms with E-state index in [9.17, 15) is 0 Å². The van der Waals surface area contributed by atoms with E-state index in [4.69, 9.17) is 10.7 Å². The Kier molecular flexibility index (Phi) is 3.48. The predicted molar refractivity (Wildman–Crippen MR) is 82.9 cm³/mol. The molecule has 0 aliphatic heterocycles. The second kappa shape index (κ2) is 5.27. The first kappa shape index (κ1) is 12.6. The summed E-state index contributed by atoms with van der Waals surface area (Å²) in [5.41, 5.74) is 9.13. The van der Waals surface area contributed by atoms with Crippen molar-refractivity contribution in [1.29, 1.82) is 0 Å². The van der Waals surface area contributed by atoms with E-state index in [0.29, 0.717) is 5.13 Å². The molecule has 0 amide bonds. The van der Waals surface area contributed by atoms with Crippen molar-refractivity contribution in [2.45, 2.75) is 26.2 Å². The number of aryl methyl sites for hydroxylation is 3. The number of hydrogen-bond acceptors (Lipinski definition) is 5. The van der Waals surface area contributed by atoms with Gasteiger partial charge in [0.2, 0.25) is 0 Å². The summed E-state index contributed by atoms with van der Waals surface area (Å²) in [6.07, 6.45) is 3.06. The minimum absolute atomic E-state index is 0.658. The third kappa shape index (κ3) is 2.77. The number of thiazole rings is 2. The van der Waals surface area contributed by atoms with Crippen LogP contribution < -0.4 is 5.73 Å². The largest absolute Gasteiger partial charge is 0.375 e. The monoisotopic (exact) mass is 289 g/mol. The molecule has 0 radical (unpaired) electrons. The Hall–Kier alpha value is -1.46. The molecule has 2 N–H and O–H groups in total. The minimum Gasteiger partial charge on any atom is -0.375 e. The van der Waals surface area contributed by atoms with Crippen molar-refractivity contribution in [2.24, 2.45) is 0 Å². The molecule has 5 heteroatoms. The number of nitrogen functional groups attached to an aromatic ring is 1. The number of fused-ring (bicyclic) bond motifs is 1. The Morgan fingerprint density at radius 3 is 2.84 bits per heavy atom. The second-order valence-corrected chi connectivity index (χ2v) is 6.56. The molecule has 0 fully saturated rings. The van der Waals surface area contributed by atoms with Gasteiger partial charge in [0.05, 0.1) is 20.9 Å². The first-order chi connectivity index (χ1) is 9.22. The molecule has 3 rings (SSSR count). The molecule has 3 aromatic rings. The van der Waals surface area contributed by atoms with Gasteiger partial charge in [-0.15, -0.1) is 22.7 Å². The van der Waals surface area contributed by atoms with Crippen LogP contribution in [0.5, 0.6) is 0 Å². The van der Waals surface area contributed by atoms with E-state index in [1.165, 1.54) is 26.6 Å². The van der Waals surface area contributed by atoms with E-state index in [1.54, 1.807) is 11.3 Å². The smallest absolute Gasteiger partial charge is 0.180 e. The molecule has 98 valence electrons. The molecular weight excluding hydrogens is 274 g/mol. The quantitative estimate of drug-likeness (QED) is 0.794. The highest BCUT2D eigenvalue weighted by molar-refractivity contribution is 7.18. The van der Waals surface area contributed by atoms with E-state index in [0.717, 1.165) is 30.5 Å². The summed E-state index contributed by atoms with van der Waals surface area (Å²) in [5.74, 6) is 0. The normalized spacial score (nSPS) is 11.2. The molecule has 2 aromatic heterocycles. The standard InChI is InChI=1S/C14H15N3S2/c1-9-4-2-6-11-13(9)17-12(19-11)7-3-5-10-8-18-14(15)16-10/h2,4,6,8H,3,5,7H2,1H3,(H2,15,16). The number of hydrogen-bond donors (Lipinski definition) is 1. The number of anilines is 1. The number of benzene rings is 1. The van der Waals surface area contributed by atoms with E-state index < -0.39 is 0 Å². The lowest BCUT2D eigenvalue weighted by Gasteiger charge is -1.94. The van der Waals surface area contributed by atoms with E-state index >= 15 is 0 Å². The zero-order valence-corrected chi connectivity index (χ0v) is 12.4. The minimum atomic E-state index is 0.658. The van der Waals surface area contributed by atoms with Crippen molar-refractivity contribution in [1.82, 2.24) is 9.97 Å². The Bertz CT molecular complexity index is 700. The maximum atomic E-state index is 5.63. The molecule has 0 spiro atoms. The van der Waals surface area contributed by atoms with Crippen molar-refractivity contribution in [3.8, 4) is 0 Å².